The molecule has 2 heterocycles. The van der Waals surface area contributed by atoms with Crippen molar-refractivity contribution in [2.75, 3.05) is 17.7 Å². The molecule has 0 aliphatic rings. The smallest absolute Gasteiger partial charge is 0.269 e. The Kier molecular flexibility index (Phi) is 6.26. The Balaban J connectivity index is 1.46. The SMILES string of the molecule is COc1cc(NC(=O)c2cnn(-c3ccc([N+](=O)[O-])cc3)c2)ccc1NC(=O)c1cccnc1. The van der Waals surface area contributed by atoms with Crippen LogP contribution in [0.4, 0.5) is 17.1 Å². The third-order valence-corrected chi connectivity index (χ3v) is 4.80. The fraction of sp³-hybridized carbons (Fsp3) is 0.0435. The Morgan fingerprint density at radius 2 is 1.76 bits per heavy atom. The number of nitrogens with zero attached hydrogens (tertiary/aromatic N) is 4. The fourth-order valence-corrected chi connectivity index (χ4v) is 3.08. The molecule has 2 N–H and O–H groups in total. The number of carbonyl (C=O) groups excluding carboxylic acids is 2. The molecular weight excluding hydrogens is 440 g/mol. The number of hydrogen-bond donors (Lipinski definition) is 2. The van der Waals surface area contributed by atoms with Crippen LogP contribution in [-0.2, 0) is 0 Å². The number of aromatic nitrogens is 3. The molecule has 170 valence electrons. The summed E-state index contributed by atoms with van der Waals surface area (Å²) in [6.07, 6.45) is 5.92. The lowest BCUT2D eigenvalue weighted by atomic mass is 10.2. The van der Waals surface area contributed by atoms with Gasteiger partial charge in [-0.3, -0.25) is 24.7 Å². The summed E-state index contributed by atoms with van der Waals surface area (Å²) >= 11 is 0. The zero-order valence-electron chi connectivity index (χ0n) is 17.8. The van der Waals surface area contributed by atoms with Gasteiger partial charge in [-0.2, -0.15) is 5.10 Å². The van der Waals surface area contributed by atoms with Gasteiger partial charge in [0.25, 0.3) is 17.5 Å². The molecule has 2 amide bonds. The second kappa shape index (κ2) is 9.61. The topological polar surface area (TPSA) is 141 Å². The molecule has 2 aromatic heterocycles. The van der Waals surface area contributed by atoms with Crippen LogP contribution < -0.4 is 15.4 Å². The number of nitro groups is 1. The maximum absolute atomic E-state index is 12.7. The summed E-state index contributed by atoms with van der Waals surface area (Å²) in [5.74, 6) is -0.402. The van der Waals surface area contributed by atoms with Crippen molar-refractivity contribution in [3.05, 3.63) is 101 Å². The quantitative estimate of drug-likeness (QED) is 0.318. The minimum absolute atomic E-state index is 0.0390. The number of ether oxygens (including phenoxy) is 1. The molecule has 34 heavy (non-hydrogen) atoms. The van der Waals surface area contributed by atoms with Gasteiger partial charge < -0.3 is 15.4 Å². The fourth-order valence-electron chi connectivity index (χ4n) is 3.08. The van der Waals surface area contributed by atoms with E-state index in [0.29, 0.717) is 28.4 Å². The first-order valence-corrected chi connectivity index (χ1v) is 9.95. The van der Waals surface area contributed by atoms with Gasteiger partial charge in [-0.25, -0.2) is 4.68 Å². The number of rotatable bonds is 7. The van der Waals surface area contributed by atoms with E-state index in [1.54, 1.807) is 36.5 Å². The first-order valence-electron chi connectivity index (χ1n) is 9.95. The largest absolute Gasteiger partial charge is 0.494 e. The molecule has 2 aromatic carbocycles. The number of nitrogens with one attached hydrogen (secondary N) is 2. The Bertz CT molecular complexity index is 1350. The molecule has 11 nitrogen and oxygen atoms in total. The van der Waals surface area contributed by atoms with Crippen LogP contribution in [0.25, 0.3) is 5.69 Å². The molecule has 0 aliphatic carbocycles. The van der Waals surface area contributed by atoms with E-state index in [9.17, 15) is 19.7 Å². The zero-order chi connectivity index (χ0) is 24.1. The van der Waals surface area contributed by atoms with Crippen LogP contribution in [-0.4, -0.2) is 38.6 Å². The molecule has 4 rings (SSSR count). The molecule has 0 spiro atoms. The number of methoxy groups -OCH3 is 1. The Morgan fingerprint density at radius 3 is 2.44 bits per heavy atom. The van der Waals surface area contributed by atoms with E-state index in [4.69, 9.17) is 4.74 Å². The second-order valence-corrected chi connectivity index (χ2v) is 7.01. The summed E-state index contributed by atoms with van der Waals surface area (Å²) in [6, 6.07) is 13.9. The molecule has 4 aromatic rings. The van der Waals surface area contributed by atoms with E-state index < -0.39 is 10.8 Å². The lowest BCUT2D eigenvalue weighted by molar-refractivity contribution is -0.384. The zero-order valence-corrected chi connectivity index (χ0v) is 17.8. The summed E-state index contributed by atoms with van der Waals surface area (Å²) in [6.45, 7) is 0. The van der Waals surface area contributed by atoms with Gasteiger partial charge in [0.2, 0.25) is 0 Å². The summed E-state index contributed by atoms with van der Waals surface area (Å²) in [5, 5.41) is 20.4. The van der Waals surface area contributed by atoms with Crippen LogP contribution in [0.1, 0.15) is 20.7 Å². The van der Waals surface area contributed by atoms with Crippen molar-refractivity contribution in [2.45, 2.75) is 0 Å². The van der Waals surface area contributed by atoms with Crippen LogP contribution in [0, 0.1) is 10.1 Å². The first-order chi connectivity index (χ1) is 16.4. The second-order valence-electron chi connectivity index (χ2n) is 7.01. The molecule has 0 unspecified atom stereocenters. The third kappa shape index (κ3) is 4.88. The van der Waals surface area contributed by atoms with Crippen LogP contribution in [0.2, 0.25) is 0 Å². The van der Waals surface area contributed by atoms with Crippen molar-refractivity contribution < 1.29 is 19.2 Å². The van der Waals surface area contributed by atoms with Crippen molar-refractivity contribution >= 4 is 28.9 Å². The number of carbonyl (C=O) groups is 2. The van der Waals surface area contributed by atoms with Gasteiger partial charge in [0.05, 0.1) is 40.7 Å². The highest BCUT2D eigenvalue weighted by atomic mass is 16.6. The van der Waals surface area contributed by atoms with Gasteiger partial charge in [0.1, 0.15) is 5.75 Å². The summed E-state index contributed by atoms with van der Waals surface area (Å²) in [4.78, 5) is 39.3. The van der Waals surface area contributed by atoms with E-state index >= 15 is 0 Å². The van der Waals surface area contributed by atoms with Gasteiger partial charge in [-0.15, -0.1) is 0 Å². The van der Waals surface area contributed by atoms with Crippen LogP contribution in [0.15, 0.2) is 79.4 Å². The van der Waals surface area contributed by atoms with Gasteiger partial charge in [-0.1, -0.05) is 0 Å². The molecule has 0 atom stereocenters. The monoisotopic (exact) mass is 458 g/mol. The van der Waals surface area contributed by atoms with Gasteiger partial charge >= 0.3 is 0 Å². The number of benzene rings is 2. The number of non-ortho nitro benzene ring substituents is 1. The average molecular weight is 458 g/mol. The lowest BCUT2D eigenvalue weighted by Crippen LogP contribution is -2.14. The van der Waals surface area contributed by atoms with Gasteiger partial charge in [-0.05, 0) is 36.4 Å². The Hall–Kier alpha value is -5.06. The van der Waals surface area contributed by atoms with Crippen molar-refractivity contribution in [3.63, 3.8) is 0 Å². The maximum atomic E-state index is 12.7. The van der Waals surface area contributed by atoms with E-state index in [1.165, 1.54) is 54.6 Å². The third-order valence-electron chi connectivity index (χ3n) is 4.80. The Morgan fingerprint density at radius 1 is 1.00 bits per heavy atom. The highest BCUT2D eigenvalue weighted by Crippen LogP contribution is 2.28. The van der Waals surface area contributed by atoms with E-state index in [1.807, 2.05) is 0 Å². The molecule has 0 bridgehead atoms. The number of hydrogen-bond acceptors (Lipinski definition) is 7. The molecule has 11 heteroatoms. The average Bonchev–Trinajstić information content (AvgIpc) is 3.36. The standard InChI is InChI=1S/C23H18N6O5/c1-34-21-11-17(4-9-20(21)27-22(30)15-3-2-10-24-12-15)26-23(31)16-13-25-28(14-16)18-5-7-19(8-6-18)29(32)33/h2-14H,1H3,(H,26,31)(H,27,30). The number of anilines is 2. The minimum atomic E-state index is -0.490. The predicted molar refractivity (Wildman–Crippen MR) is 123 cm³/mol. The van der Waals surface area contributed by atoms with Crippen molar-refractivity contribution in [2.24, 2.45) is 0 Å². The highest BCUT2D eigenvalue weighted by molar-refractivity contribution is 6.06. The summed E-state index contributed by atoms with van der Waals surface area (Å²) in [7, 11) is 1.45. The first kappa shape index (κ1) is 22.1. The van der Waals surface area contributed by atoms with Crippen molar-refractivity contribution in [3.8, 4) is 11.4 Å². The predicted octanol–water partition coefficient (Wildman–Crippen LogP) is 3.69. The van der Waals surface area contributed by atoms with Gasteiger partial charge in [0, 0.05) is 42.5 Å². The lowest BCUT2D eigenvalue weighted by Gasteiger charge is -2.12. The highest BCUT2D eigenvalue weighted by Gasteiger charge is 2.14. The molecule has 0 radical (unpaired) electrons. The summed E-state index contributed by atoms with van der Waals surface area (Å²) in [5.41, 5.74) is 2.09. The summed E-state index contributed by atoms with van der Waals surface area (Å²) < 4.78 is 6.79. The van der Waals surface area contributed by atoms with Crippen molar-refractivity contribution in [1.82, 2.24) is 14.8 Å². The van der Waals surface area contributed by atoms with Crippen molar-refractivity contribution in [1.29, 1.82) is 0 Å². The van der Waals surface area contributed by atoms with E-state index in [2.05, 4.69) is 20.7 Å². The molecule has 0 saturated carbocycles. The number of amides is 2. The van der Waals surface area contributed by atoms with Crippen LogP contribution in [0.5, 0.6) is 5.75 Å². The Labute approximate surface area is 193 Å². The molecule has 0 saturated heterocycles. The number of nitro benzene ring substituents is 1. The van der Waals surface area contributed by atoms with Crippen LogP contribution in [0.3, 0.4) is 0 Å². The molecule has 0 fully saturated rings. The maximum Gasteiger partial charge on any atom is 0.269 e. The normalized spacial score (nSPS) is 10.4. The van der Waals surface area contributed by atoms with E-state index in [0.717, 1.165) is 0 Å². The van der Waals surface area contributed by atoms with Crippen LogP contribution >= 0.6 is 0 Å². The molecular formula is C23H18N6O5. The van der Waals surface area contributed by atoms with E-state index in [-0.39, 0.29) is 17.2 Å². The minimum Gasteiger partial charge on any atom is -0.494 e. The molecule has 0 aliphatic heterocycles. The van der Waals surface area contributed by atoms with Gasteiger partial charge in [0.15, 0.2) is 0 Å². The number of pyridine rings is 1.